The molecule has 1 aliphatic heterocycles. The molecule has 0 unspecified atom stereocenters. The number of nitro benzene ring substituents is 1. The molecular formula is C16H18N2O4S. The molecule has 2 fully saturated rings. The van der Waals surface area contributed by atoms with Gasteiger partial charge in [0.1, 0.15) is 0 Å². The SMILES string of the molecule is C[C@@]12CCC[C@H]3[C@@H]1[C@@H]2C=CN3S(=O)(=O)c1ccccc1[N+](=O)[O-]. The van der Waals surface area contributed by atoms with E-state index in [1.54, 1.807) is 6.20 Å². The normalized spacial score (nSPS) is 34.8. The molecule has 0 amide bonds. The third kappa shape index (κ3) is 1.89. The maximum Gasteiger partial charge on any atom is 0.289 e. The number of nitrogens with zero attached hydrogens (tertiary/aromatic N) is 2. The van der Waals surface area contributed by atoms with E-state index in [0.29, 0.717) is 11.8 Å². The molecule has 7 heteroatoms. The summed E-state index contributed by atoms with van der Waals surface area (Å²) in [5.74, 6) is 0.797. The lowest BCUT2D eigenvalue weighted by Crippen LogP contribution is -2.41. The van der Waals surface area contributed by atoms with Crippen LogP contribution in [0.5, 0.6) is 0 Å². The number of nitro groups is 1. The third-order valence-electron chi connectivity index (χ3n) is 5.82. The summed E-state index contributed by atoms with van der Waals surface area (Å²) in [4.78, 5) is 10.3. The van der Waals surface area contributed by atoms with Crippen molar-refractivity contribution >= 4 is 15.7 Å². The lowest BCUT2D eigenvalue weighted by molar-refractivity contribution is -0.387. The smallest absolute Gasteiger partial charge is 0.270 e. The van der Waals surface area contributed by atoms with Gasteiger partial charge in [0.25, 0.3) is 15.7 Å². The van der Waals surface area contributed by atoms with Gasteiger partial charge < -0.3 is 0 Å². The van der Waals surface area contributed by atoms with Crippen LogP contribution < -0.4 is 0 Å². The number of benzene rings is 1. The minimum absolute atomic E-state index is 0.0754. The van der Waals surface area contributed by atoms with Crippen LogP contribution in [0.1, 0.15) is 26.2 Å². The van der Waals surface area contributed by atoms with Gasteiger partial charge >= 0.3 is 0 Å². The summed E-state index contributed by atoms with van der Waals surface area (Å²) in [6.07, 6.45) is 6.55. The summed E-state index contributed by atoms with van der Waals surface area (Å²) in [5.41, 5.74) is -0.163. The molecule has 3 aliphatic rings. The zero-order valence-electron chi connectivity index (χ0n) is 12.8. The molecule has 2 saturated carbocycles. The van der Waals surface area contributed by atoms with Gasteiger partial charge in [-0.25, -0.2) is 8.42 Å². The Morgan fingerprint density at radius 2 is 2.09 bits per heavy atom. The quantitative estimate of drug-likeness (QED) is 0.629. The molecule has 0 radical (unpaired) electrons. The van der Waals surface area contributed by atoms with Crippen LogP contribution >= 0.6 is 0 Å². The van der Waals surface area contributed by atoms with E-state index in [-0.39, 0.29) is 22.0 Å². The van der Waals surface area contributed by atoms with Crippen LogP contribution in [-0.2, 0) is 10.0 Å². The summed E-state index contributed by atoms with van der Waals surface area (Å²) in [6, 6.07) is 5.50. The highest BCUT2D eigenvalue weighted by atomic mass is 32.2. The predicted octanol–water partition coefficient (Wildman–Crippen LogP) is 2.92. The molecule has 122 valence electrons. The van der Waals surface area contributed by atoms with Crippen molar-refractivity contribution in [1.82, 2.24) is 4.31 Å². The number of allylic oxidation sites excluding steroid dienone is 1. The van der Waals surface area contributed by atoms with Gasteiger partial charge in [0.15, 0.2) is 4.90 Å². The minimum Gasteiger partial charge on any atom is -0.270 e. The fraction of sp³-hybridized carbons (Fsp3) is 0.500. The fourth-order valence-electron chi connectivity index (χ4n) is 4.63. The van der Waals surface area contributed by atoms with Gasteiger partial charge in [-0.2, -0.15) is 0 Å². The van der Waals surface area contributed by atoms with E-state index < -0.39 is 14.9 Å². The molecule has 23 heavy (non-hydrogen) atoms. The highest BCUT2D eigenvalue weighted by molar-refractivity contribution is 7.89. The maximum atomic E-state index is 13.1. The van der Waals surface area contributed by atoms with Crippen molar-refractivity contribution in [2.75, 3.05) is 0 Å². The van der Waals surface area contributed by atoms with Crippen LogP contribution in [0.4, 0.5) is 5.69 Å². The molecule has 1 heterocycles. The summed E-state index contributed by atoms with van der Waals surface area (Å²) in [6.45, 7) is 2.22. The Hall–Kier alpha value is -1.89. The molecule has 0 saturated heterocycles. The fourth-order valence-corrected chi connectivity index (χ4v) is 6.34. The number of sulfonamides is 1. The van der Waals surface area contributed by atoms with E-state index in [1.165, 1.54) is 28.6 Å². The maximum absolute atomic E-state index is 13.1. The number of rotatable bonds is 3. The zero-order chi connectivity index (χ0) is 16.4. The van der Waals surface area contributed by atoms with Gasteiger partial charge in [0, 0.05) is 18.3 Å². The molecule has 1 aromatic carbocycles. The Labute approximate surface area is 135 Å². The molecule has 1 aromatic rings. The van der Waals surface area contributed by atoms with E-state index in [2.05, 4.69) is 6.92 Å². The summed E-state index contributed by atoms with van der Waals surface area (Å²) < 4.78 is 27.5. The van der Waals surface area contributed by atoms with Crippen LogP contribution in [0.3, 0.4) is 0 Å². The Morgan fingerprint density at radius 3 is 2.83 bits per heavy atom. The molecule has 0 N–H and O–H groups in total. The second-order valence-electron chi connectivity index (χ2n) is 6.92. The Bertz CT molecular complexity index is 819. The van der Waals surface area contributed by atoms with Crippen molar-refractivity contribution in [3.05, 3.63) is 46.7 Å². The van der Waals surface area contributed by atoms with Gasteiger partial charge in [-0.05, 0) is 36.2 Å². The van der Waals surface area contributed by atoms with Crippen molar-refractivity contribution in [1.29, 1.82) is 0 Å². The van der Waals surface area contributed by atoms with Gasteiger partial charge in [-0.3, -0.25) is 14.4 Å². The first kappa shape index (κ1) is 14.7. The van der Waals surface area contributed by atoms with Crippen molar-refractivity contribution in [3.8, 4) is 0 Å². The van der Waals surface area contributed by atoms with E-state index >= 15 is 0 Å². The lowest BCUT2D eigenvalue weighted by atomic mass is 9.87. The average molecular weight is 334 g/mol. The summed E-state index contributed by atoms with van der Waals surface area (Å²) >= 11 is 0. The minimum atomic E-state index is -3.92. The molecule has 0 spiro atoms. The van der Waals surface area contributed by atoms with Crippen molar-refractivity contribution < 1.29 is 13.3 Å². The highest BCUT2D eigenvalue weighted by Crippen LogP contribution is 2.69. The van der Waals surface area contributed by atoms with Crippen LogP contribution in [0.15, 0.2) is 41.4 Å². The average Bonchev–Trinajstić information content (AvgIpc) is 3.14. The van der Waals surface area contributed by atoms with Gasteiger partial charge in [0.2, 0.25) is 0 Å². The van der Waals surface area contributed by atoms with Crippen LogP contribution in [0.25, 0.3) is 0 Å². The van der Waals surface area contributed by atoms with Crippen molar-refractivity contribution in [3.63, 3.8) is 0 Å². The van der Waals surface area contributed by atoms with E-state index in [9.17, 15) is 18.5 Å². The van der Waals surface area contributed by atoms with E-state index in [4.69, 9.17) is 0 Å². The van der Waals surface area contributed by atoms with Crippen molar-refractivity contribution in [2.45, 2.75) is 37.1 Å². The molecule has 0 bridgehead atoms. The Morgan fingerprint density at radius 1 is 1.35 bits per heavy atom. The van der Waals surface area contributed by atoms with Gasteiger partial charge in [0.05, 0.1) is 4.92 Å². The first-order chi connectivity index (χ1) is 10.9. The monoisotopic (exact) mass is 334 g/mol. The number of fused-ring (bicyclic) bond motifs is 1. The van der Waals surface area contributed by atoms with E-state index in [1.807, 2.05) is 6.08 Å². The molecule has 6 nitrogen and oxygen atoms in total. The molecule has 4 atom stereocenters. The second-order valence-corrected chi connectivity index (χ2v) is 8.73. The first-order valence-electron chi connectivity index (χ1n) is 7.83. The Kier molecular flexibility index (Phi) is 2.91. The standard InChI is InChI=1S/C16H18N2O4S/c1-16-9-4-6-13-15(16)11(16)8-10-17(13)23(21,22)14-7-3-2-5-12(14)18(19)20/h2-3,5,7-8,10-11,13,15H,4,6,9H2,1H3/t11-,13-,15-,16-/m0/s1. The lowest BCUT2D eigenvalue weighted by Gasteiger charge is -2.35. The molecule has 2 aliphatic carbocycles. The predicted molar refractivity (Wildman–Crippen MR) is 84.0 cm³/mol. The zero-order valence-corrected chi connectivity index (χ0v) is 13.6. The summed E-state index contributed by atoms with van der Waals surface area (Å²) in [7, 11) is -3.92. The number of para-hydroxylation sites is 1. The topological polar surface area (TPSA) is 80.5 Å². The van der Waals surface area contributed by atoms with Crippen LogP contribution in [-0.4, -0.2) is 23.7 Å². The summed E-state index contributed by atoms with van der Waals surface area (Å²) in [5, 5.41) is 11.2. The first-order valence-corrected chi connectivity index (χ1v) is 9.27. The van der Waals surface area contributed by atoms with Crippen LogP contribution in [0.2, 0.25) is 0 Å². The number of hydrogen-bond donors (Lipinski definition) is 0. The second kappa shape index (κ2) is 4.56. The van der Waals surface area contributed by atoms with Gasteiger partial charge in [-0.15, -0.1) is 0 Å². The van der Waals surface area contributed by atoms with E-state index in [0.717, 1.165) is 19.3 Å². The largest absolute Gasteiger partial charge is 0.289 e. The molecule has 0 aromatic heterocycles. The third-order valence-corrected chi connectivity index (χ3v) is 7.66. The van der Waals surface area contributed by atoms with Gasteiger partial charge in [-0.1, -0.05) is 31.6 Å². The van der Waals surface area contributed by atoms with Crippen molar-refractivity contribution in [2.24, 2.45) is 17.3 Å². The van der Waals surface area contributed by atoms with Crippen LogP contribution in [0, 0.1) is 27.4 Å². The molecule has 4 rings (SSSR count). The Balaban J connectivity index is 1.78. The molecular weight excluding hydrogens is 316 g/mol. The highest BCUT2D eigenvalue weighted by Gasteiger charge is 2.67. The number of hydrogen-bond acceptors (Lipinski definition) is 4.